The van der Waals surface area contributed by atoms with Crippen molar-refractivity contribution in [3.63, 3.8) is 0 Å². The molecule has 0 saturated carbocycles. The van der Waals surface area contributed by atoms with Crippen LogP contribution in [0.25, 0.3) is 0 Å². The number of nitrogens with zero attached hydrogens (tertiary/aromatic N) is 6. The van der Waals surface area contributed by atoms with E-state index in [-0.39, 0.29) is 56.8 Å². The summed E-state index contributed by atoms with van der Waals surface area (Å²) in [5.41, 5.74) is 0. The van der Waals surface area contributed by atoms with E-state index in [0.29, 0.717) is 33.0 Å². The molecule has 3 rings (SSSR count). The average molecular weight is 533 g/mol. The van der Waals surface area contributed by atoms with Gasteiger partial charge in [-0.15, -0.1) is 0 Å². The predicted molar refractivity (Wildman–Crippen MR) is 133 cm³/mol. The number of urea groups is 3. The summed E-state index contributed by atoms with van der Waals surface area (Å²) in [5, 5.41) is 0. The molecule has 3 saturated heterocycles. The summed E-state index contributed by atoms with van der Waals surface area (Å²) in [6, 6.07) is -0.418. The van der Waals surface area contributed by atoms with E-state index < -0.39 is 6.23 Å². The van der Waals surface area contributed by atoms with E-state index in [2.05, 4.69) is 0 Å². The van der Waals surface area contributed by atoms with E-state index in [1.54, 1.807) is 50.5 Å². The molecule has 37 heavy (non-hydrogen) atoms. The van der Waals surface area contributed by atoms with Gasteiger partial charge in [0.2, 0.25) is 0 Å². The third-order valence-corrected chi connectivity index (χ3v) is 6.25. The van der Waals surface area contributed by atoms with Gasteiger partial charge in [-0.25, -0.2) is 14.4 Å². The molecule has 0 aliphatic carbocycles. The first-order valence-corrected chi connectivity index (χ1v) is 12.8. The summed E-state index contributed by atoms with van der Waals surface area (Å²) in [5.74, 6) is 0. The first-order chi connectivity index (χ1) is 17.7. The quantitative estimate of drug-likeness (QED) is 0.350. The minimum atomic E-state index is -0.399. The summed E-state index contributed by atoms with van der Waals surface area (Å²) < 4.78 is 27.1. The topological polar surface area (TPSA) is 117 Å². The lowest BCUT2D eigenvalue weighted by atomic mass is 10.3. The maximum atomic E-state index is 12.3. The number of hydrogen-bond donors (Lipinski definition) is 0. The minimum absolute atomic E-state index is 0.129. The van der Waals surface area contributed by atoms with Gasteiger partial charge < -0.3 is 33.5 Å². The molecule has 3 heterocycles. The van der Waals surface area contributed by atoms with E-state index in [4.69, 9.17) is 23.7 Å². The van der Waals surface area contributed by atoms with Crippen molar-refractivity contribution in [3.8, 4) is 0 Å². The van der Waals surface area contributed by atoms with Crippen LogP contribution in [0.4, 0.5) is 14.4 Å². The summed E-state index contributed by atoms with van der Waals surface area (Å²) in [7, 11) is 5.10. The molecule has 6 amide bonds. The number of amides is 6. The first-order valence-electron chi connectivity index (χ1n) is 12.8. The van der Waals surface area contributed by atoms with Crippen molar-refractivity contribution in [1.29, 1.82) is 0 Å². The van der Waals surface area contributed by atoms with Crippen molar-refractivity contribution in [3.05, 3.63) is 0 Å². The standard InChI is InChI=1S/C12H22N4O4.C11H22N2O4/c1-5-19-7-15-10-9(13(3)11(15)17)14(4)12(18)16(10)8-20-6-2;1-5-15-8-13-10(17-7-3)9(16-6-2)12(4)11(13)14/h9-10H,5-8H2,1-4H3;9-10H,5-8H2,1-4H3. The lowest BCUT2D eigenvalue weighted by Crippen LogP contribution is -2.48. The zero-order valence-electron chi connectivity index (χ0n) is 23.4. The molecule has 0 radical (unpaired) electrons. The van der Waals surface area contributed by atoms with E-state index in [9.17, 15) is 14.4 Å². The Kier molecular flexibility index (Phi) is 12.1. The number of rotatable bonds is 13. The van der Waals surface area contributed by atoms with Crippen LogP contribution in [-0.2, 0) is 23.7 Å². The lowest BCUT2D eigenvalue weighted by Gasteiger charge is -2.28. The maximum Gasteiger partial charge on any atom is 0.325 e. The average Bonchev–Trinajstić information content (AvgIpc) is 3.37. The number of hydrogen-bond acceptors (Lipinski definition) is 8. The van der Waals surface area contributed by atoms with Crippen molar-refractivity contribution >= 4 is 18.1 Å². The van der Waals surface area contributed by atoms with E-state index in [1.807, 2.05) is 34.6 Å². The number of fused-ring (bicyclic) bond motifs is 1. The Morgan fingerprint density at radius 3 is 1.30 bits per heavy atom. The van der Waals surface area contributed by atoms with Crippen LogP contribution in [-0.4, -0.2) is 147 Å². The van der Waals surface area contributed by atoms with Gasteiger partial charge in [-0.1, -0.05) is 0 Å². The van der Waals surface area contributed by atoms with Gasteiger partial charge in [0.1, 0.15) is 26.4 Å². The van der Waals surface area contributed by atoms with Crippen LogP contribution >= 0.6 is 0 Å². The fourth-order valence-corrected chi connectivity index (χ4v) is 4.44. The smallest absolute Gasteiger partial charge is 0.325 e. The van der Waals surface area contributed by atoms with E-state index in [1.165, 1.54) is 0 Å². The molecular formula is C23H44N6O8. The second-order valence-electron chi connectivity index (χ2n) is 8.47. The highest BCUT2D eigenvalue weighted by atomic mass is 16.6. The molecule has 0 aromatic carbocycles. The molecule has 2 atom stereocenters. The molecule has 3 fully saturated rings. The van der Waals surface area contributed by atoms with Gasteiger partial charge in [0.05, 0.1) is 0 Å². The predicted octanol–water partition coefficient (Wildman–Crippen LogP) is 1.43. The van der Waals surface area contributed by atoms with E-state index in [0.717, 1.165) is 0 Å². The monoisotopic (exact) mass is 532 g/mol. The zero-order chi connectivity index (χ0) is 27.7. The molecular weight excluding hydrogens is 488 g/mol. The second kappa shape index (κ2) is 14.5. The fraction of sp³-hybridized carbons (Fsp3) is 0.870. The van der Waals surface area contributed by atoms with Crippen LogP contribution in [0, 0.1) is 0 Å². The normalized spacial score (nSPS) is 25.5. The van der Waals surface area contributed by atoms with Gasteiger partial charge in [0.15, 0.2) is 18.6 Å². The van der Waals surface area contributed by atoms with Crippen LogP contribution in [0.3, 0.4) is 0 Å². The van der Waals surface area contributed by atoms with Crippen molar-refractivity contribution in [2.75, 3.05) is 74.4 Å². The third-order valence-electron chi connectivity index (χ3n) is 6.25. The minimum Gasteiger partial charge on any atom is -0.361 e. The highest BCUT2D eigenvalue weighted by Gasteiger charge is 2.57. The molecule has 2 unspecified atom stereocenters. The van der Waals surface area contributed by atoms with Crippen molar-refractivity contribution in [2.45, 2.75) is 59.4 Å². The van der Waals surface area contributed by atoms with Gasteiger partial charge in [-0.05, 0) is 34.6 Å². The van der Waals surface area contributed by atoms with Crippen molar-refractivity contribution < 1.29 is 38.1 Å². The highest BCUT2D eigenvalue weighted by molar-refractivity contribution is 5.84. The summed E-state index contributed by atoms with van der Waals surface area (Å²) in [6.45, 7) is 12.6. The van der Waals surface area contributed by atoms with Gasteiger partial charge in [0, 0.05) is 54.2 Å². The summed E-state index contributed by atoms with van der Waals surface area (Å²) in [6.07, 6.45) is -1.45. The van der Waals surface area contributed by atoms with Crippen LogP contribution in [0.5, 0.6) is 0 Å². The lowest BCUT2D eigenvalue weighted by molar-refractivity contribution is -0.142. The Morgan fingerprint density at radius 1 is 0.514 bits per heavy atom. The van der Waals surface area contributed by atoms with Crippen LogP contribution < -0.4 is 0 Å². The number of carbonyl (C=O) groups excluding carboxylic acids is 3. The van der Waals surface area contributed by atoms with Gasteiger partial charge >= 0.3 is 18.1 Å². The second-order valence-corrected chi connectivity index (χ2v) is 8.47. The van der Waals surface area contributed by atoms with Gasteiger partial charge in [-0.2, -0.15) is 0 Å². The fourth-order valence-electron chi connectivity index (χ4n) is 4.44. The zero-order valence-corrected chi connectivity index (χ0v) is 23.4. The van der Waals surface area contributed by atoms with E-state index >= 15 is 0 Å². The van der Waals surface area contributed by atoms with Crippen LogP contribution in [0.2, 0.25) is 0 Å². The number of ether oxygens (including phenoxy) is 5. The molecule has 14 nitrogen and oxygen atoms in total. The number of carbonyl (C=O) groups is 3. The molecule has 0 N–H and O–H groups in total. The Labute approximate surface area is 219 Å². The first kappa shape index (κ1) is 30.8. The molecule has 0 bridgehead atoms. The Balaban J connectivity index is 0.000000264. The summed E-state index contributed by atoms with van der Waals surface area (Å²) in [4.78, 5) is 45.9. The molecule has 3 aliphatic rings. The van der Waals surface area contributed by atoms with Crippen LogP contribution in [0.15, 0.2) is 0 Å². The third kappa shape index (κ3) is 6.55. The molecule has 3 aliphatic heterocycles. The molecule has 214 valence electrons. The molecule has 0 aromatic heterocycles. The SMILES string of the molecule is CCOCN1C(=O)N(C)C(OCC)C1OCC.CCOCN1C(=O)N(C)C2C1N(COCC)C(=O)N2C. The Hall–Kier alpha value is -2.39. The van der Waals surface area contributed by atoms with Crippen molar-refractivity contribution in [1.82, 2.24) is 29.4 Å². The Bertz CT molecular complexity index is 727. The number of likely N-dealkylation sites (N-methyl/N-ethyl adjacent to an activating group) is 3. The summed E-state index contributed by atoms with van der Waals surface area (Å²) >= 11 is 0. The van der Waals surface area contributed by atoms with Crippen LogP contribution in [0.1, 0.15) is 34.6 Å². The van der Waals surface area contributed by atoms with Gasteiger partial charge in [-0.3, -0.25) is 19.6 Å². The molecule has 0 spiro atoms. The molecule has 14 heteroatoms. The largest absolute Gasteiger partial charge is 0.361 e. The van der Waals surface area contributed by atoms with Gasteiger partial charge in [0.25, 0.3) is 0 Å². The molecule has 0 aromatic rings. The Morgan fingerprint density at radius 2 is 0.892 bits per heavy atom. The van der Waals surface area contributed by atoms with Crippen molar-refractivity contribution in [2.24, 2.45) is 0 Å². The highest BCUT2D eigenvalue weighted by Crippen LogP contribution is 2.33. The maximum absolute atomic E-state index is 12.3.